The van der Waals surface area contributed by atoms with Crippen molar-refractivity contribution in [1.29, 1.82) is 0 Å². The second kappa shape index (κ2) is 8.75. The van der Waals surface area contributed by atoms with Gasteiger partial charge in [0.05, 0.1) is 18.4 Å². The summed E-state index contributed by atoms with van der Waals surface area (Å²) in [5.41, 5.74) is 2.05. The first-order chi connectivity index (χ1) is 14.6. The number of hydrogen-bond acceptors (Lipinski definition) is 6. The molecule has 0 bridgehead atoms. The second-order valence-electron chi connectivity index (χ2n) is 6.45. The Bertz CT molecular complexity index is 1200. The molecule has 0 saturated carbocycles. The predicted molar refractivity (Wildman–Crippen MR) is 117 cm³/mol. The van der Waals surface area contributed by atoms with Crippen LogP contribution in [0.3, 0.4) is 0 Å². The van der Waals surface area contributed by atoms with Gasteiger partial charge < -0.3 is 9.47 Å². The van der Waals surface area contributed by atoms with E-state index < -0.39 is 11.9 Å². The van der Waals surface area contributed by atoms with Gasteiger partial charge in [0, 0.05) is 10.9 Å². The van der Waals surface area contributed by atoms with Crippen molar-refractivity contribution in [3.8, 4) is 17.0 Å². The SMILES string of the molecule is COc1ccc(-c2csc(NC(=O)COC(=O)c3ccc4ccccc4c3)n2)cc1. The fourth-order valence-electron chi connectivity index (χ4n) is 2.91. The van der Waals surface area contributed by atoms with E-state index in [0.717, 1.165) is 27.8 Å². The maximum Gasteiger partial charge on any atom is 0.338 e. The highest BCUT2D eigenvalue weighted by molar-refractivity contribution is 7.14. The van der Waals surface area contributed by atoms with Crippen LogP contribution in [0, 0.1) is 0 Å². The Kier molecular flexibility index (Phi) is 5.72. The molecule has 7 heteroatoms. The molecule has 0 aliphatic carbocycles. The molecule has 6 nitrogen and oxygen atoms in total. The van der Waals surface area contributed by atoms with Crippen LogP contribution in [0.15, 0.2) is 72.1 Å². The van der Waals surface area contributed by atoms with Gasteiger partial charge in [-0.2, -0.15) is 0 Å². The number of nitrogens with one attached hydrogen (secondary N) is 1. The quantitative estimate of drug-likeness (QED) is 0.457. The van der Waals surface area contributed by atoms with Crippen molar-refractivity contribution in [2.45, 2.75) is 0 Å². The number of benzene rings is 3. The van der Waals surface area contributed by atoms with Gasteiger partial charge in [-0.25, -0.2) is 9.78 Å². The summed E-state index contributed by atoms with van der Waals surface area (Å²) in [5, 5.41) is 6.91. The molecule has 3 aromatic carbocycles. The molecule has 0 aliphatic heterocycles. The zero-order chi connectivity index (χ0) is 20.9. The second-order valence-corrected chi connectivity index (χ2v) is 7.31. The Morgan fingerprint density at radius 3 is 2.53 bits per heavy atom. The predicted octanol–water partition coefficient (Wildman–Crippen LogP) is 4.77. The molecule has 1 heterocycles. The maximum absolute atomic E-state index is 12.3. The van der Waals surface area contributed by atoms with Crippen LogP contribution in [0.1, 0.15) is 10.4 Å². The van der Waals surface area contributed by atoms with E-state index in [0.29, 0.717) is 10.7 Å². The van der Waals surface area contributed by atoms with Crippen molar-refractivity contribution in [2.24, 2.45) is 0 Å². The summed E-state index contributed by atoms with van der Waals surface area (Å²) in [6.07, 6.45) is 0. The number of methoxy groups -OCH3 is 1. The number of hydrogen-bond donors (Lipinski definition) is 1. The summed E-state index contributed by atoms with van der Waals surface area (Å²) >= 11 is 1.30. The molecule has 1 aromatic heterocycles. The van der Waals surface area contributed by atoms with Crippen LogP contribution in [-0.4, -0.2) is 30.6 Å². The maximum atomic E-state index is 12.3. The molecule has 4 aromatic rings. The first-order valence-electron chi connectivity index (χ1n) is 9.18. The molecule has 0 fully saturated rings. The summed E-state index contributed by atoms with van der Waals surface area (Å²) in [4.78, 5) is 28.8. The Morgan fingerprint density at radius 1 is 1.00 bits per heavy atom. The zero-order valence-electron chi connectivity index (χ0n) is 16.1. The van der Waals surface area contributed by atoms with E-state index in [9.17, 15) is 9.59 Å². The van der Waals surface area contributed by atoms with Crippen molar-refractivity contribution in [3.63, 3.8) is 0 Å². The first-order valence-corrected chi connectivity index (χ1v) is 10.1. The molecule has 0 spiro atoms. The van der Waals surface area contributed by atoms with Crippen molar-refractivity contribution in [1.82, 2.24) is 4.98 Å². The van der Waals surface area contributed by atoms with E-state index in [1.165, 1.54) is 11.3 Å². The van der Waals surface area contributed by atoms with Gasteiger partial charge in [0.2, 0.25) is 0 Å². The van der Waals surface area contributed by atoms with Crippen molar-refractivity contribution < 1.29 is 19.1 Å². The molecule has 1 amide bonds. The number of thiazole rings is 1. The minimum absolute atomic E-state index is 0.386. The molecule has 0 unspecified atom stereocenters. The zero-order valence-corrected chi connectivity index (χ0v) is 16.9. The van der Waals surface area contributed by atoms with E-state index in [1.54, 1.807) is 19.2 Å². The summed E-state index contributed by atoms with van der Waals surface area (Å²) in [5.74, 6) is -0.232. The third-order valence-electron chi connectivity index (χ3n) is 4.46. The lowest BCUT2D eigenvalue weighted by Gasteiger charge is -2.06. The minimum Gasteiger partial charge on any atom is -0.497 e. The number of nitrogens with zero attached hydrogens (tertiary/aromatic N) is 1. The van der Waals surface area contributed by atoms with Gasteiger partial charge in [-0.3, -0.25) is 10.1 Å². The molecule has 150 valence electrons. The third-order valence-corrected chi connectivity index (χ3v) is 5.21. The van der Waals surface area contributed by atoms with Gasteiger partial charge in [0.25, 0.3) is 5.91 Å². The van der Waals surface area contributed by atoms with Crippen LogP contribution in [-0.2, 0) is 9.53 Å². The summed E-state index contributed by atoms with van der Waals surface area (Å²) in [6.45, 7) is -0.386. The van der Waals surface area contributed by atoms with Gasteiger partial charge in [0.1, 0.15) is 5.75 Å². The molecule has 30 heavy (non-hydrogen) atoms. The summed E-state index contributed by atoms with van der Waals surface area (Å²) in [7, 11) is 1.61. The van der Waals surface area contributed by atoms with Crippen molar-refractivity contribution >= 4 is 39.1 Å². The van der Waals surface area contributed by atoms with Crippen LogP contribution in [0.25, 0.3) is 22.0 Å². The first kappa shape index (κ1) is 19.6. The highest BCUT2D eigenvalue weighted by Gasteiger charge is 2.13. The Balaban J connectivity index is 1.34. The van der Waals surface area contributed by atoms with Crippen molar-refractivity contribution in [3.05, 3.63) is 77.7 Å². The summed E-state index contributed by atoms with van der Waals surface area (Å²) in [6, 6.07) is 20.5. The molecule has 0 atom stereocenters. The normalized spacial score (nSPS) is 10.6. The number of fused-ring (bicyclic) bond motifs is 1. The van der Waals surface area contributed by atoms with Gasteiger partial charge in [-0.05, 0) is 47.2 Å². The number of amides is 1. The topological polar surface area (TPSA) is 77.5 Å². The van der Waals surface area contributed by atoms with Crippen LogP contribution in [0.5, 0.6) is 5.75 Å². The lowest BCUT2D eigenvalue weighted by atomic mass is 10.1. The lowest BCUT2D eigenvalue weighted by Crippen LogP contribution is -2.20. The van der Waals surface area contributed by atoms with Crippen LogP contribution < -0.4 is 10.1 Å². The number of carbonyl (C=O) groups is 2. The summed E-state index contributed by atoms with van der Waals surface area (Å²) < 4.78 is 10.3. The van der Waals surface area contributed by atoms with E-state index in [4.69, 9.17) is 9.47 Å². The van der Waals surface area contributed by atoms with Crippen LogP contribution in [0.4, 0.5) is 5.13 Å². The fraction of sp³-hybridized carbons (Fsp3) is 0.0870. The van der Waals surface area contributed by atoms with E-state index in [2.05, 4.69) is 10.3 Å². The molecular formula is C23H18N2O4S. The van der Waals surface area contributed by atoms with Crippen molar-refractivity contribution in [2.75, 3.05) is 19.0 Å². The van der Waals surface area contributed by atoms with E-state index >= 15 is 0 Å². The Hall–Kier alpha value is -3.71. The van der Waals surface area contributed by atoms with Gasteiger partial charge in [-0.1, -0.05) is 30.3 Å². The molecular weight excluding hydrogens is 400 g/mol. The highest BCUT2D eigenvalue weighted by Crippen LogP contribution is 2.26. The standard InChI is InChI=1S/C23H18N2O4S/c1-28-19-10-8-16(9-11-19)20-14-30-23(24-20)25-21(26)13-29-22(27)18-7-6-15-4-2-3-5-17(15)12-18/h2-12,14H,13H2,1H3,(H,24,25,26). The molecule has 4 rings (SSSR count). The van der Waals surface area contributed by atoms with E-state index in [1.807, 2.05) is 60.0 Å². The average molecular weight is 418 g/mol. The van der Waals surface area contributed by atoms with Gasteiger partial charge in [-0.15, -0.1) is 11.3 Å². The molecule has 0 aliphatic rings. The average Bonchev–Trinajstić information content (AvgIpc) is 3.25. The monoisotopic (exact) mass is 418 g/mol. The largest absolute Gasteiger partial charge is 0.497 e. The lowest BCUT2D eigenvalue weighted by molar-refractivity contribution is -0.119. The van der Waals surface area contributed by atoms with Crippen LogP contribution >= 0.6 is 11.3 Å². The number of carbonyl (C=O) groups excluding carboxylic acids is 2. The minimum atomic E-state index is -0.547. The smallest absolute Gasteiger partial charge is 0.338 e. The Morgan fingerprint density at radius 2 is 1.77 bits per heavy atom. The number of aromatic nitrogens is 1. The number of esters is 1. The number of ether oxygens (including phenoxy) is 2. The third kappa shape index (κ3) is 4.47. The highest BCUT2D eigenvalue weighted by atomic mass is 32.1. The fourth-order valence-corrected chi connectivity index (χ4v) is 3.65. The Labute approximate surface area is 177 Å². The van der Waals surface area contributed by atoms with E-state index in [-0.39, 0.29) is 6.61 Å². The molecule has 0 saturated heterocycles. The molecule has 1 N–H and O–H groups in total. The van der Waals surface area contributed by atoms with Gasteiger partial charge >= 0.3 is 5.97 Å². The van der Waals surface area contributed by atoms with Gasteiger partial charge in [0.15, 0.2) is 11.7 Å². The van der Waals surface area contributed by atoms with Crippen LogP contribution in [0.2, 0.25) is 0 Å². The number of rotatable bonds is 6. The molecule has 0 radical (unpaired) electrons. The number of anilines is 1.